The summed E-state index contributed by atoms with van der Waals surface area (Å²) < 4.78 is 6.81. The van der Waals surface area contributed by atoms with E-state index in [4.69, 9.17) is 4.74 Å². The first-order valence-corrected chi connectivity index (χ1v) is 8.82. The summed E-state index contributed by atoms with van der Waals surface area (Å²) in [4.78, 5) is 11.1. The van der Waals surface area contributed by atoms with Crippen LogP contribution in [-0.4, -0.2) is 29.3 Å². The number of benzene rings is 1. The Kier molecular flexibility index (Phi) is 6.37. The molecule has 1 aromatic carbocycles. The van der Waals surface area contributed by atoms with Gasteiger partial charge in [0.25, 0.3) is 0 Å². The maximum Gasteiger partial charge on any atom is 0.228 e. The zero-order chi connectivity index (χ0) is 17.7. The van der Waals surface area contributed by atoms with Gasteiger partial charge in [0.05, 0.1) is 22.2 Å². The van der Waals surface area contributed by atoms with E-state index in [1.54, 1.807) is 0 Å². The molecule has 24 heavy (non-hydrogen) atoms. The number of halogens is 1. The fourth-order valence-corrected chi connectivity index (χ4v) is 2.41. The molecule has 0 radical (unpaired) electrons. The molecule has 0 aliphatic carbocycles. The molecule has 5 heteroatoms. The summed E-state index contributed by atoms with van der Waals surface area (Å²) >= 11 is 3.54. The number of aliphatic imine (C=N–C) groups is 1. The average molecular weight is 390 g/mol. The van der Waals surface area contributed by atoms with Crippen molar-refractivity contribution in [3.63, 3.8) is 0 Å². The minimum atomic E-state index is -0.0733. The molecular formula is C19H24BrN3O. The lowest BCUT2D eigenvalue weighted by molar-refractivity contribution is 0.215. The van der Waals surface area contributed by atoms with Crippen molar-refractivity contribution in [3.05, 3.63) is 52.1 Å². The van der Waals surface area contributed by atoms with Crippen molar-refractivity contribution in [2.75, 3.05) is 7.05 Å². The molecule has 0 N–H and O–H groups in total. The zero-order valence-corrected chi connectivity index (χ0v) is 16.4. The van der Waals surface area contributed by atoms with E-state index in [1.807, 2.05) is 63.6 Å². The Bertz CT molecular complexity index is 701. The number of hydrogen-bond acceptors (Lipinski definition) is 3. The molecule has 4 nitrogen and oxygen atoms in total. The third kappa shape index (κ3) is 4.81. The first-order valence-electron chi connectivity index (χ1n) is 8.03. The van der Waals surface area contributed by atoms with Crippen LogP contribution >= 0.6 is 15.9 Å². The minimum Gasteiger partial charge on any atom is -0.469 e. The molecule has 2 aromatic rings. The summed E-state index contributed by atoms with van der Waals surface area (Å²) in [6, 6.07) is 12.4. The molecular weight excluding hydrogens is 366 g/mol. The Hall–Kier alpha value is -1.88. The zero-order valence-electron chi connectivity index (χ0n) is 14.8. The molecule has 0 aliphatic heterocycles. The van der Waals surface area contributed by atoms with Crippen LogP contribution in [-0.2, 0) is 0 Å². The van der Waals surface area contributed by atoms with Gasteiger partial charge >= 0.3 is 0 Å². The predicted octanol–water partition coefficient (Wildman–Crippen LogP) is 5.29. The summed E-state index contributed by atoms with van der Waals surface area (Å²) in [6.45, 7) is 8.20. The number of aryl methyl sites for hydroxylation is 1. The van der Waals surface area contributed by atoms with Crippen molar-refractivity contribution in [1.29, 1.82) is 0 Å². The highest BCUT2D eigenvalue weighted by Crippen LogP contribution is 2.32. The molecule has 1 unspecified atom stereocenters. The van der Waals surface area contributed by atoms with Crippen LogP contribution in [0.3, 0.4) is 0 Å². The van der Waals surface area contributed by atoms with Gasteiger partial charge in [-0.2, -0.15) is 0 Å². The third-order valence-electron chi connectivity index (χ3n) is 3.86. The number of rotatable bonds is 6. The Balaban J connectivity index is 2.17. The number of hydrogen-bond donors (Lipinski definition) is 0. The second-order valence-corrected chi connectivity index (χ2v) is 6.91. The van der Waals surface area contributed by atoms with E-state index in [0.29, 0.717) is 11.9 Å². The molecule has 0 aliphatic rings. The smallest absolute Gasteiger partial charge is 0.228 e. The fourth-order valence-electron chi connectivity index (χ4n) is 2.01. The average Bonchev–Trinajstić information content (AvgIpc) is 2.56. The third-order valence-corrected chi connectivity index (χ3v) is 4.43. The van der Waals surface area contributed by atoms with Gasteiger partial charge in [0.1, 0.15) is 6.10 Å². The van der Waals surface area contributed by atoms with E-state index in [9.17, 15) is 0 Å². The van der Waals surface area contributed by atoms with Crippen molar-refractivity contribution in [2.45, 2.75) is 39.8 Å². The minimum absolute atomic E-state index is 0.0733. The van der Waals surface area contributed by atoms with E-state index in [2.05, 4.69) is 44.7 Å². The van der Waals surface area contributed by atoms with Crippen LogP contribution in [0.4, 0.5) is 5.69 Å². The van der Waals surface area contributed by atoms with Gasteiger partial charge in [0.15, 0.2) is 0 Å². The summed E-state index contributed by atoms with van der Waals surface area (Å²) in [6.07, 6.45) is 1.75. The lowest BCUT2D eigenvalue weighted by atomic mass is 10.1. The highest BCUT2D eigenvalue weighted by Gasteiger charge is 2.13. The molecule has 0 bridgehead atoms. The Labute approximate surface area is 152 Å². The second-order valence-electron chi connectivity index (χ2n) is 6.05. The lowest BCUT2D eigenvalue weighted by Gasteiger charge is -2.18. The maximum atomic E-state index is 6.01. The van der Waals surface area contributed by atoms with Gasteiger partial charge in [0, 0.05) is 13.1 Å². The number of nitrogens with zero attached hydrogens (tertiary/aromatic N) is 3. The fraction of sp³-hybridized carbons (Fsp3) is 0.368. The topological polar surface area (TPSA) is 37.7 Å². The van der Waals surface area contributed by atoms with Crippen LogP contribution in [0.2, 0.25) is 0 Å². The molecule has 0 fully saturated rings. The second kappa shape index (κ2) is 8.29. The van der Waals surface area contributed by atoms with Gasteiger partial charge in [-0.25, -0.2) is 9.98 Å². The molecule has 1 heterocycles. The van der Waals surface area contributed by atoms with Crippen molar-refractivity contribution in [3.8, 4) is 5.88 Å². The van der Waals surface area contributed by atoms with Crippen LogP contribution in [0, 0.1) is 6.92 Å². The normalized spacial score (nSPS) is 12.6. The van der Waals surface area contributed by atoms with Crippen molar-refractivity contribution >= 4 is 28.0 Å². The van der Waals surface area contributed by atoms with E-state index >= 15 is 0 Å². The van der Waals surface area contributed by atoms with Crippen LogP contribution in [0.25, 0.3) is 0 Å². The van der Waals surface area contributed by atoms with E-state index in [-0.39, 0.29) is 6.10 Å². The van der Waals surface area contributed by atoms with Gasteiger partial charge in [-0.3, -0.25) is 0 Å². The van der Waals surface area contributed by atoms with E-state index in [1.165, 1.54) is 0 Å². The first-order chi connectivity index (χ1) is 11.4. The van der Waals surface area contributed by atoms with E-state index < -0.39 is 0 Å². The van der Waals surface area contributed by atoms with Gasteiger partial charge in [0.2, 0.25) is 5.88 Å². The van der Waals surface area contributed by atoms with Gasteiger partial charge in [-0.15, -0.1) is 0 Å². The monoisotopic (exact) mass is 389 g/mol. The van der Waals surface area contributed by atoms with Crippen molar-refractivity contribution in [2.24, 2.45) is 4.99 Å². The molecule has 0 amide bonds. The molecule has 128 valence electrons. The SMILES string of the molecule is Cc1nc(OC(C)c2ccccc2)c(Br)cc1N=CN(C)C(C)C. The Morgan fingerprint density at radius 3 is 2.50 bits per heavy atom. The maximum absolute atomic E-state index is 6.01. The number of pyridine rings is 1. The predicted molar refractivity (Wildman–Crippen MR) is 103 cm³/mol. The van der Waals surface area contributed by atoms with Gasteiger partial charge in [-0.1, -0.05) is 30.3 Å². The quantitative estimate of drug-likeness (QED) is 0.497. The number of ether oxygens (including phenoxy) is 1. The largest absolute Gasteiger partial charge is 0.469 e. The van der Waals surface area contributed by atoms with Gasteiger partial charge < -0.3 is 9.64 Å². The van der Waals surface area contributed by atoms with Crippen molar-refractivity contribution in [1.82, 2.24) is 9.88 Å². The van der Waals surface area contributed by atoms with Crippen LogP contribution in [0.5, 0.6) is 5.88 Å². The summed E-state index contributed by atoms with van der Waals surface area (Å²) in [7, 11) is 2.00. The standard InChI is InChI=1S/C19H24BrN3O/c1-13(2)23(5)12-21-18-11-17(20)19(22-14(18)3)24-15(4)16-9-7-6-8-10-16/h6-13,15H,1-5H3. The van der Waals surface area contributed by atoms with Gasteiger partial charge in [-0.05, 0) is 55.3 Å². The summed E-state index contributed by atoms with van der Waals surface area (Å²) in [5.74, 6) is 0.583. The Morgan fingerprint density at radius 2 is 1.88 bits per heavy atom. The lowest BCUT2D eigenvalue weighted by Crippen LogP contribution is -2.24. The van der Waals surface area contributed by atoms with Crippen LogP contribution in [0.15, 0.2) is 45.9 Å². The van der Waals surface area contributed by atoms with Crippen LogP contribution < -0.4 is 4.74 Å². The summed E-state index contributed by atoms with van der Waals surface area (Å²) in [5.41, 5.74) is 2.78. The highest BCUT2D eigenvalue weighted by molar-refractivity contribution is 9.10. The molecule has 0 saturated carbocycles. The summed E-state index contributed by atoms with van der Waals surface area (Å²) in [5, 5.41) is 0. The van der Waals surface area contributed by atoms with Crippen LogP contribution in [0.1, 0.15) is 38.1 Å². The molecule has 0 saturated heterocycles. The molecule has 0 spiro atoms. The number of aromatic nitrogens is 1. The Morgan fingerprint density at radius 1 is 1.21 bits per heavy atom. The van der Waals surface area contributed by atoms with E-state index in [0.717, 1.165) is 21.4 Å². The van der Waals surface area contributed by atoms with Crippen molar-refractivity contribution < 1.29 is 4.74 Å². The highest BCUT2D eigenvalue weighted by atomic mass is 79.9. The molecule has 1 atom stereocenters. The molecule has 2 rings (SSSR count). The first kappa shape index (κ1) is 18.5. The molecule has 1 aromatic heterocycles.